The van der Waals surface area contributed by atoms with Crippen LogP contribution in [0.1, 0.15) is 0 Å². The van der Waals surface area contributed by atoms with Gasteiger partial charge in [0.15, 0.2) is 0 Å². The Balaban J connectivity index is 2.98. The summed E-state index contributed by atoms with van der Waals surface area (Å²) in [6, 6.07) is 4.14. The van der Waals surface area contributed by atoms with Crippen LogP contribution in [0.5, 0.6) is 0 Å². The monoisotopic (exact) mass is 340 g/mol. The molecule has 1 amide bonds. The largest absolute Gasteiger partial charge is 0.383 e. The van der Waals surface area contributed by atoms with Crippen LogP contribution in [0.4, 0.5) is 5.69 Å². The molecule has 20 heavy (non-hydrogen) atoms. The maximum Gasteiger partial charge on any atom is 0.242 e. The summed E-state index contributed by atoms with van der Waals surface area (Å²) >= 11 is 11.2. The first-order valence-corrected chi connectivity index (χ1v) is 7.94. The van der Waals surface area contributed by atoms with Gasteiger partial charge >= 0.3 is 0 Å². The number of nitrogens with one attached hydrogen (secondary N) is 2. The Morgan fingerprint density at radius 1 is 1.40 bits per heavy atom. The molecule has 112 valence electrons. The Bertz CT molecular complexity index is 578. The Morgan fingerprint density at radius 3 is 2.70 bits per heavy atom. The number of methoxy groups -OCH3 is 1. The Hall–Kier alpha value is -0.860. The van der Waals surface area contributed by atoms with Crippen molar-refractivity contribution in [2.45, 2.75) is 4.90 Å². The number of carbonyl (C=O) groups is 1. The van der Waals surface area contributed by atoms with E-state index in [0.717, 1.165) is 0 Å². The summed E-state index contributed by atoms with van der Waals surface area (Å²) in [6.07, 6.45) is 0. The van der Waals surface area contributed by atoms with Gasteiger partial charge in [-0.1, -0.05) is 11.6 Å². The average molecular weight is 341 g/mol. The van der Waals surface area contributed by atoms with E-state index < -0.39 is 15.9 Å². The summed E-state index contributed by atoms with van der Waals surface area (Å²) in [5.74, 6) is -0.666. The lowest BCUT2D eigenvalue weighted by Gasteiger charge is -2.10. The lowest BCUT2D eigenvalue weighted by atomic mass is 10.3. The van der Waals surface area contributed by atoms with Crippen LogP contribution in [-0.2, 0) is 19.6 Å². The van der Waals surface area contributed by atoms with Gasteiger partial charge in [0.05, 0.1) is 11.6 Å². The maximum atomic E-state index is 12.0. The molecule has 6 nitrogen and oxygen atoms in total. The number of rotatable bonds is 7. The lowest BCUT2D eigenvalue weighted by molar-refractivity contribution is -0.113. The van der Waals surface area contributed by atoms with Gasteiger partial charge in [0.2, 0.25) is 15.9 Å². The molecule has 0 atom stereocenters. The normalized spacial score (nSPS) is 11.3. The summed E-state index contributed by atoms with van der Waals surface area (Å²) in [6.45, 7) is 0.354. The number of benzene rings is 1. The standard InChI is InChI=1S/C11H14Cl2N2O4S/c1-19-5-4-14-20(17,18)10-6-8(2-3-9(10)13)15-11(16)7-12/h2-3,6,14H,4-5,7H2,1H3,(H,15,16). The molecule has 0 saturated heterocycles. The van der Waals surface area contributed by atoms with Crippen molar-refractivity contribution in [2.24, 2.45) is 0 Å². The van der Waals surface area contributed by atoms with Crippen molar-refractivity contribution in [3.63, 3.8) is 0 Å². The predicted octanol–water partition coefficient (Wildman–Crippen LogP) is 1.44. The van der Waals surface area contributed by atoms with Crippen molar-refractivity contribution in [3.05, 3.63) is 23.2 Å². The van der Waals surface area contributed by atoms with Gasteiger partial charge in [-0.3, -0.25) is 4.79 Å². The van der Waals surface area contributed by atoms with Crippen LogP contribution >= 0.6 is 23.2 Å². The first kappa shape index (κ1) is 17.2. The van der Waals surface area contributed by atoms with Crippen LogP contribution < -0.4 is 10.0 Å². The van der Waals surface area contributed by atoms with Crippen molar-refractivity contribution in [1.29, 1.82) is 0 Å². The minimum Gasteiger partial charge on any atom is -0.383 e. The molecule has 0 aliphatic rings. The van der Waals surface area contributed by atoms with E-state index in [1.807, 2.05) is 0 Å². The molecule has 0 aliphatic heterocycles. The number of halogens is 2. The zero-order valence-electron chi connectivity index (χ0n) is 10.7. The number of anilines is 1. The quantitative estimate of drug-likeness (QED) is 0.581. The molecule has 0 heterocycles. The van der Waals surface area contributed by atoms with Crippen LogP contribution in [-0.4, -0.2) is 40.5 Å². The van der Waals surface area contributed by atoms with Crippen molar-refractivity contribution in [3.8, 4) is 0 Å². The molecule has 0 bridgehead atoms. The zero-order valence-corrected chi connectivity index (χ0v) is 13.0. The summed E-state index contributed by atoms with van der Waals surface area (Å²) in [7, 11) is -2.31. The smallest absolute Gasteiger partial charge is 0.242 e. The average Bonchev–Trinajstić information content (AvgIpc) is 2.40. The molecule has 9 heteroatoms. The fraction of sp³-hybridized carbons (Fsp3) is 0.364. The second kappa shape index (κ2) is 7.80. The molecule has 1 aromatic carbocycles. The van der Waals surface area contributed by atoms with Crippen molar-refractivity contribution >= 4 is 44.8 Å². The Morgan fingerprint density at radius 2 is 2.10 bits per heavy atom. The van der Waals surface area contributed by atoms with E-state index in [1.54, 1.807) is 0 Å². The SMILES string of the molecule is COCCNS(=O)(=O)c1cc(NC(=O)CCl)ccc1Cl. The second-order valence-electron chi connectivity index (χ2n) is 3.72. The summed E-state index contributed by atoms with van der Waals surface area (Å²) < 4.78 is 31.2. The number of hydrogen-bond acceptors (Lipinski definition) is 4. The van der Waals surface area contributed by atoms with Gasteiger partial charge in [-0.15, -0.1) is 11.6 Å². The highest BCUT2D eigenvalue weighted by molar-refractivity contribution is 7.89. The number of carbonyl (C=O) groups excluding carboxylic acids is 1. The molecule has 0 radical (unpaired) electrons. The van der Waals surface area contributed by atoms with Crippen LogP contribution in [0.15, 0.2) is 23.1 Å². The fourth-order valence-corrected chi connectivity index (χ4v) is 2.94. The summed E-state index contributed by atoms with van der Waals surface area (Å²) in [5, 5.41) is 2.51. The van der Waals surface area contributed by atoms with Gasteiger partial charge in [0.25, 0.3) is 0 Å². The number of amides is 1. The van der Waals surface area contributed by atoms with Crippen LogP contribution in [0, 0.1) is 0 Å². The minimum atomic E-state index is -3.77. The number of alkyl halides is 1. The van der Waals surface area contributed by atoms with Crippen LogP contribution in [0.25, 0.3) is 0 Å². The Labute approximate surface area is 127 Å². The van der Waals surface area contributed by atoms with E-state index in [4.69, 9.17) is 27.9 Å². The Kier molecular flexibility index (Phi) is 6.70. The van der Waals surface area contributed by atoms with E-state index in [2.05, 4.69) is 10.0 Å². The van der Waals surface area contributed by atoms with E-state index >= 15 is 0 Å². The third-order valence-corrected chi connectivity index (χ3v) is 4.41. The van der Waals surface area contributed by atoms with Crippen molar-refractivity contribution < 1.29 is 17.9 Å². The van der Waals surface area contributed by atoms with E-state index in [9.17, 15) is 13.2 Å². The van der Waals surface area contributed by atoms with Gasteiger partial charge in [-0.2, -0.15) is 0 Å². The van der Waals surface area contributed by atoms with Gasteiger partial charge in [0.1, 0.15) is 10.8 Å². The van der Waals surface area contributed by atoms with E-state index in [-0.39, 0.29) is 28.9 Å². The molecule has 0 saturated carbocycles. The maximum absolute atomic E-state index is 12.0. The molecule has 0 unspecified atom stereocenters. The molecular formula is C11H14Cl2N2O4S. The molecule has 0 fully saturated rings. The zero-order chi connectivity index (χ0) is 15.2. The van der Waals surface area contributed by atoms with Crippen molar-refractivity contribution in [2.75, 3.05) is 31.5 Å². The minimum absolute atomic E-state index is 0.0544. The van der Waals surface area contributed by atoms with Crippen molar-refractivity contribution in [1.82, 2.24) is 4.72 Å². The first-order valence-electron chi connectivity index (χ1n) is 5.54. The van der Waals surface area contributed by atoms with Crippen LogP contribution in [0.2, 0.25) is 5.02 Å². The van der Waals surface area contributed by atoms with E-state index in [1.165, 1.54) is 25.3 Å². The number of ether oxygens (including phenoxy) is 1. The lowest BCUT2D eigenvalue weighted by Crippen LogP contribution is -2.27. The molecule has 0 spiro atoms. The third kappa shape index (κ3) is 4.92. The highest BCUT2D eigenvalue weighted by Crippen LogP contribution is 2.24. The molecule has 0 aliphatic carbocycles. The summed E-state index contributed by atoms with van der Waals surface area (Å²) in [4.78, 5) is 11.1. The van der Waals surface area contributed by atoms with Crippen LogP contribution in [0.3, 0.4) is 0 Å². The highest BCUT2D eigenvalue weighted by Gasteiger charge is 2.18. The number of hydrogen-bond donors (Lipinski definition) is 2. The molecule has 1 rings (SSSR count). The molecule has 2 N–H and O–H groups in total. The third-order valence-electron chi connectivity index (χ3n) is 2.22. The topological polar surface area (TPSA) is 84.5 Å². The summed E-state index contributed by atoms with van der Waals surface area (Å²) in [5.41, 5.74) is 0.298. The highest BCUT2D eigenvalue weighted by atomic mass is 35.5. The second-order valence-corrected chi connectivity index (χ2v) is 6.13. The molecular weight excluding hydrogens is 327 g/mol. The van der Waals surface area contributed by atoms with Gasteiger partial charge < -0.3 is 10.1 Å². The predicted molar refractivity (Wildman–Crippen MR) is 77.9 cm³/mol. The van der Waals surface area contributed by atoms with Gasteiger partial charge in [-0.25, -0.2) is 13.1 Å². The molecule has 0 aromatic heterocycles. The first-order chi connectivity index (χ1) is 9.40. The number of sulfonamides is 1. The molecule has 1 aromatic rings. The van der Waals surface area contributed by atoms with Gasteiger partial charge in [0, 0.05) is 19.3 Å². The fourth-order valence-electron chi connectivity index (χ4n) is 1.34. The van der Waals surface area contributed by atoms with Gasteiger partial charge in [-0.05, 0) is 18.2 Å². The van der Waals surface area contributed by atoms with E-state index in [0.29, 0.717) is 5.69 Å².